The van der Waals surface area contributed by atoms with E-state index in [4.69, 9.17) is 0 Å². The molecule has 0 saturated carbocycles. The number of amides is 1. The predicted octanol–water partition coefficient (Wildman–Crippen LogP) is 5.14. The lowest BCUT2D eigenvalue weighted by Gasteiger charge is -2.27. The summed E-state index contributed by atoms with van der Waals surface area (Å²) >= 11 is 3.04. The van der Waals surface area contributed by atoms with E-state index in [9.17, 15) is 14.0 Å². The van der Waals surface area contributed by atoms with E-state index < -0.39 is 0 Å². The monoisotopic (exact) mass is 473 g/mol. The summed E-state index contributed by atoms with van der Waals surface area (Å²) in [5, 5.41) is 3.84. The first-order valence-corrected chi connectivity index (χ1v) is 12.8. The minimum atomic E-state index is -0.292. The normalized spacial score (nSPS) is 14.5. The second kappa shape index (κ2) is 9.35. The van der Waals surface area contributed by atoms with E-state index in [0.717, 1.165) is 41.5 Å². The lowest BCUT2D eigenvalue weighted by molar-refractivity contribution is -0.119. The van der Waals surface area contributed by atoms with Crippen LogP contribution < -0.4 is 10.9 Å². The summed E-state index contributed by atoms with van der Waals surface area (Å²) in [7, 11) is 0. The molecule has 0 radical (unpaired) electrons. The van der Waals surface area contributed by atoms with Gasteiger partial charge in [0.15, 0.2) is 0 Å². The molecule has 170 valence electrons. The molecule has 0 fully saturated rings. The summed E-state index contributed by atoms with van der Waals surface area (Å²) in [6.45, 7) is 6.34. The fourth-order valence-corrected chi connectivity index (χ4v) is 6.13. The van der Waals surface area contributed by atoms with Gasteiger partial charge < -0.3 is 10.3 Å². The number of H-pyrrole nitrogens is 1. The highest BCUT2D eigenvalue weighted by Crippen LogP contribution is 2.34. The topological polar surface area (TPSA) is 74.8 Å². The SMILES string of the molecule is CC(C)(C)CC(NC(=O)CSCc1nc2sc3c(c2c(=O)[nH]1)CCC3)c1ccc(F)cc1. The molecule has 1 amide bonds. The number of thioether (sulfide) groups is 1. The average Bonchev–Trinajstić information content (AvgIpc) is 3.28. The maximum Gasteiger partial charge on any atom is 0.259 e. The number of hydrogen-bond acceptors (Lipinski definition) is 5. The van der Waals surface area contributed by atoms with Gasteiger partial charge in [0.05, 0.1) is 22.9 Å². The van der Waals surface area contributed by atoms with Gasteiger partial charge in [0.2, 0.25) is 5.91 Å². The number of benzene rings is 1. The first kappa shape index (κ1) is 23.0. The van der Waals surface area contributed by atoms with Gasteiger partial charge in [0, 0.05) is 4.88 Å². The Morgan fingerprint density at radius 3 is 2.75 bits per heavy atom. The van der Waals surface area contributed by atoms with Gasteiger partial charge in [0.25, 0.3) is 5.56 Å². The van der Waals surface area contributed by atoms with Crippen molar-refractivity contribution in [1.29, 1.82) is 0 Å². The molecular weight excluding hydrogens is 445 g/mol. The second-order valence-corrected chi connectivity index (χ2v) is 11.5. The number of nitrogens with zero attached hydrogens (tertiary/aromatic N) is 1. The summed E-state index contributed by atoms with van der Waals surface area (Å²) in [5.41, 5.74) is 1.99. The van der Waals surface area contributed by atoms with Gasteiger partial charge in [0.1, 0.15) is 16.5 Å². The summed E-state index contributed by atoms with van der Waals surface area (Å²) in [6.07, 6.45) is 3.84. The summed E-state index contributed by atoms with van der Waals surface area (Å²) in [6, 6.07) is 6.10. The van der Waals surface area contributed by atoms with Crippen LogP contribution in [0.25, 0.3) is 10.2 Å². The Morgan fingerprint density at radius 1 is 1.28 bits per heavy atom. The van der Waals surface area contributed by atoms with Crippen molar-refractivity contribution in [3.8, 4) is 0 Å². The number of thiophene rings is 1. The highest BCUT2D eigenvalue weighted by atomic mass is 32.2. The highest BCUT2D eigenvalue weighted by Gasteiger charge is 2.23. The molecule has 32 heavy (non-hydrogen) atoms. The van der Waals surface area contributed by atoms with E-state index in [0.29, 0.717) is 11.6 Å². The van der Waals surface area contributed by atoms with Crippen molar-refractivity contribution in [3.05, 3.63) is 62.3 Å². The molecular formula is C24H28FN3O2S2. The largest absolute Gasteiger partial charge is 0.349 e. The highest BCUT2D eigenvalue weighted by molar-refractivity contribution is 7.99. The van der Waals surface area contributed by atoms with Crippen molar-refractivity contribution in [1.82, 2.24) is 15.3 Å². The molecule has 2 aromatic heterocycles. The molecule has 5 nitrogen and oxygen atoms in total. The van der Waals surface area contributed by atoms with E-state index in [1.54, 1.807) is 23.5 Å². The zero-order valence-corrected chi connectivity index (χ0v) is 20.2. The van der Waals surface area contributed by atoms with Crippen LogP contribution in [0.2, 0.25) is 0 Å². The molecule has 1 unspecified atom stereocenters. The lowest BCUT2D eigenvalue weighted by atomic mass is 9.85. The molecule has 3 aromatic rings. The number of aryl methyl sites for hydroxylation is 2. The summed E-state index contributed by atoms with van der Waals surface area (Å²) < 4.78 is 13.3. The molecule has 2 N–H and O–H groups in total. The molecule has 4 rings (SSSR count). The van der Waals surface area contributed by atoms with Gasteiger partial charge in [-0.3, -0.25) is 9.59 Å². The van der Waals surface area contributed by atoms with Crippen LogP contribution in [0.5, 0.6) is 0 Å². The van der Waals surface area contributed by atoms with E-state index in [1.165, 1.54) is 34.3 Å². The predicted molar refractivity (Wildman–Crippen MR) is 130 cm³/mol. The third kappa shape index (κ3) is 5.41. The second-order valence-electron chi connectivity index (χ2n) is 9.48. The van der Waals surface area contributed by atoms with Crippen molar-refractivity contribution in [2.45, 2.75) is 58.2 Å². The van der Waals surface area contributed by atoms with Crippen molar-refractivity contribution >= 4 is 39.2 Å². The van der Waals surface area contributed by atoms with Crippen molar-refractivity contribution in [3.63, 3.8) is 0 Å². The smallest absolute Gasteiger partial charge is 0.259 e. The molecule has 1 aromatic carbocycles. The Kier molecular flexibility index (Phi) is 6.72. The summed E-state index contributed by atoms with van der Waals surface area (Å²) in [5.74, 6) is 0.934. The number of carbonyl (C=O) groups excluding carboxylic acids is 1. The molecule has 0 spiro atoms. The number of aromatic nitrogens is 2. The average molecular weight is 474 g/mol. The lowest BCUT2D eigenvalue weighted by Crippen LogP contribution is -2.32. The van der Waals surface area contributed by atoms with Crippen LogP contribution in [0.3, 0.4) is 0 Å². The van der Waals surface area contributed by atoms with Crippen LogP contribution in [0.1, 0.15) is 61.5 Å². The van der Waals surface area contributed by atoms with E-state index >= 15 is 0 Å². The maximum absolute atomic E-state index is 13.3. The fourth-order valence-electron chi connectivity index (χ4n) is 4.15. The number of rotatable bonds is 7. The first-order valence-electron chi connectivity index (χ1n) is 10.9. The van der Waals surface area contributed by atoms with Crippen molar-refractivity contribution in [2.24, 2.45) is 5.41 Å². The van der Waals surface area contributed by atoms with Crippen LogP contribution >= 0.6 is 23.1 Å². The minimum absolute atomic E-state index is 0.000708. The number of fused-ring (bicyclic) bond motifs is 3. The molecule has 1 aliphatic carbocycles. The third-order valence-corrected chi connectivity index (χ3v) is 7.65. The zero-order chi connectivity index (χ0) is 22.9. The van der Waals surface area contributed by atoms with Gasteiger partial charge in [-0.05, 0) is 54.4 Å². The Labute approximate surface area is 195 Å². The summed E-state index contributed by atoms with van der Waals surface area (Å²) in [4.78, 5) is 34.8. The van der Waals surface area contributed by atoms with Crippen LogP contribution in [-0.2, 0) is 23.4 Å². The van der Waals surface area contributed by atoms with E-state index in [2.05, 4.69) is 36.1 Å². The van der Waals surface area contributed by atoms with Crippen LogP contribution in [-0.4, -0.2) is 21.6 Å². The molecule has 1 aliphatic rings. The van der Waals surface area contributed by atoms with Gasteiger partial charge in [-0.25, -0.2) is 9.37 Å². The number of aromatic amines is 1. The number of halogens is 1. The Balaban J connectivity index is 1.38. The fraction of sp³-hybridized carbons (Fsp3) is 0.458. The number of hydrogen-bond donors (Lipinski definition) is 2. The minimum Gasteiger partial charge on any atom is -0.349 e. The molecule has 8 heteroatoms. The maximum atomic E-state index is 13.3. The van der Waals surface area contributed by atoms with Crippen molar-refractivity contribution < 1.29 is 9.18 Å². The van der Waals surface area contributed by atoms with Crippen LogP contribution in [0.4, 0.5) is 4.39 Å². The van der Waals surface area contributed by atoms with Crippen LogP contribution in [0, 0.1) is 11.2 Å². The third-order valence-electron chi connectivity index (χ3n) is 5.52. The Hall–Kier alpha value is -2.19. The molecule has 1 atom stereocenters. The Bertz CT molecular complexity index is 1180. The van der Waals surface area contributed by atoms with Gasteiger partial charge in [-0.15, -0.1) is 23.1 Å². The zero-order valence-electron chi connectivity index (χ0n) is 18.6. The van der Waals surface area contributed by atoms with E-state index in [1.807, 2.05) is 0 Å². The standard InChI is InChI=1S/C24H28FN3O2S2/c1-24(2,3)11-17(14-7-9-15(25)10-8-14)26-20(29)13-31-12-19-27-22(30)21-16-5-4-6-18(16)32-23(21)28-19/h7-10,17H,4-6,11-13H2,1-3H3,(H,26,29)(H,27,28,30). The van der Waals surface area contributed by atoms with E-state index in [-0.39, 0.29) is 34.5 Å². The number of nitrogens with one attached hydrogen (secondary N) is 2. The van der Waals surface area contributed by atoms with Crippen LogP contribution in [0.15, 0.2) is 29.1 Å². The van der Waals surface area contributed by atoms with Crippen molar-refractivity contribution in [2.75, 3.05) is 5.75 Å². The quantitative estimate of drug-likeness (QED) is 0.498. The first-order chi connectivity index (χ1) is 15.2. The number of carbonyl (C=O) groups is 1. The molecule has 0 saturated heterocycles. The van der Waals surface area contributed by atoms with Gasteiger partial charge >= 0.3 is 0 Å². The molecule has 0 bridgehead atoms. The van der Waals surface area contributed by atoms with Gasteiger partial charge in [-0.2, -0.15) is 0 Å². The Morgan fingerprint density at radius 2 is 2.03 bits per heavy atom. The van der Waals surface area contributed by atoms with Gasteiger partial charge in [-0.1, -0.05) is 32.9 Å². The molecule has 2 heterocycles. The molecule has 0 aliphatic heterocycles.